The summed E-state index contributed by atoms with van der Waals surface area (Å²) in [5.41, 5.74) is -1.05. The van der Waals surface area contributed by atoms with Gasteiger partial charge in [0, 0.05) is 48.9 Å². The van der Waals surface area contributed by atoms with E-state index in [9.17, 15) is 23.5 Å². The molecule has 10 heteroatoms. The number of benzene rings is 1. The number of amides is 1. The van der Waals surface area contributed by atoms with Crippen LogP contribution in [-0.4, -0.2) is 60.7 Å². The van der Waals surface area contributed by atoms with Gasteiger partial charge >= 0.3 is 0 Å². The molecule has 0 aliphatic carbocycles. The van der Waals surface area contributed by atoms with Gasteiger partial charge in [-0.05, 0) is 31.7 Å². The van der Waals surface area contributed by atoms with Crippen LogP contribution in [0.15, 0.2) is 16.9 Å². The van der Waals surface area contributed by atoms with Crippen LogP contribution in [0.2, 0.25) is 0 Å². The van der Waals surface area contributed by atoms with Crippen LogP contribution in [-0.2, 0) is 16.6 Å². The number of hydrogen-bond donors (Lipinski definition) is 2. The molecule has 1 amide bonds. The molecule has 32 heavy (non-hydrogen) atoms. The number of β-amino-alcohol motifs (C(OH)–C–C–N with tert-alkyl or cyclic N) is 1. The minimum absolute atomic E-state index is 0.0785. The molecule has 1 aromatic heterocycles. The number of H-pyrrole nitrogens is 1. The monoisotopic (exact) mass is 448 g/mol. The van der Waals surface area contributed by atoms with Crippen molar-refractivity contribution in [2.45, 2.75) is 31.1 Å². The lowest BCUT2D eigenvalue weighted by molar-refractivity contribution is -0.124. The van der Waals surface area contributed by atoms with E-state index in [2.05, 4.69) is 9.97 Å². The number of aromatic nitrogens is 2. The number of rotatable bonds is 3. The Morgan fingerprint density at radius 1 is 1.25 bits per heavy atom. The first-order valence-corrected chi connectivity index (χ1v) is 10.6. The smallest absolute Gasteiger partial charge is 0.257 e. The number of nitrogens with zero attached hydrogens (tertiary/aromatic N) is 4. The summed E-state index contributed by atoms with van der Waals surface area (Å²) in [6.07, 6.45) is 1.30. The summed E-state index contributed by atoms with van der Waals surface area (Å²) in [5.74, 6) is -1.69. The predicted molar refractivity (Wildman–Crippen MR) is 115 cm³/mol. The summed E-state index contributed by atoms with van der Waals surface area (Å²) in [5, 5.41) is 9.41. The standard InChI is InChI=1S/C22H25F2N5O3/c1-27-6-2-3-14-18(27)25-21(26-19(14)31)28-7-4-22(5-8-28)17-15(24)11-13(23)12-16(17)29(9-10-30)20(22)32/h11-12,30H,2-10H2,1H3,(H,25,26,31)/i1D3. The minimum atomic E-state index is -2.44. The van der Waals surface area contributed by atoms with Crippen molar-refractivity contribution in [3.05, 3.63) is 45.2 Å². The van der Waals surface area contributed by atoms with Gasteiger partial charge in [0.25, 0.3) is 5.56 Å². The second-order valence-electron chi connectivity index (χ2n) is 8.48. The maximum atomic E-state index is 15.0. The van der Waals surface area contributed by atoms with Crippen LogP contribution in [0.4, 0.5) is 26.2 Å². The number of carbonyl (C=O) groups is 1. The Balaban J connectivity index is 1.48. The van der Waals surface area contributed by atoms with E-state index < -0.39 is 35.5 Å². The zero-order chi connectivity index (χ0) is 25.1. The molecule has 3 aliphatic rings. The number of aliphatic hydroxyl groups is 1. The normalized spacial score (nSPS) is 21.3. The lowest BCUT2D eigenvalue weighted by atomic mass is 9.73. The van der Waals surface area contributed by atoms with Crippen molar-refractivity contribution >= 4 is 23.4 Å². The van der Waals surface area contributed by atoms with Crippen LogP contribution >= 0.6 is 0 Å². The van der Waals surface area contributed by atoms with Crippen LogP contribution in [0, 0.1) is 11.6 Å². The van der Waals surface area contributed by atoms with Crippen molar-refractivity contribution in [3.8, 4) is 0 Å². The summed E-state index contributed by atoms with van der Waals surface area (Å²) in [6.45, 7) is -2.17. The van der Waals surface area contributed by atoms with E-state index >= 15 is 0 Å². The van der Waals surface area contributed by atoms with Gasteiger partial charge in [0.05, 0.1) is 23.3 Å². The van der Waals surface area contributed by atoms with Crippen molar-refractivity contribution in [3.63, 3.8) is 0 Å². The molecule has 0 saturated carbocycles. The van der Waals surface area contributed by atoms with Gasteiger partial charge in [-0.25, -0.2) is 8.78 Å². The van der Waals surface area contributed by atoms with Crippen molar-refractivity contribution in [2.75, 3.05) is 54.5 Å². The minimum Gasteiger partial charge on any atom is -0.395 e. The van der Waals surface area contributed by atoms with E-state index in [1.807, 2.05) is 0 Å². The molecule has 0 bridgehead atoms. The first-order chi connectivity index (χ1) is 16.6. The van der Waals surface area contributed by atoms with Gasteiger partial charge in [-0.2, -0.15) is 4.98 Å². The Labute approximate surface area is 187 Å². The molecule has 2 aromatic rings. The number of piperidine rings is 1. The highest BCUT2D eigenvalue weighted by Crippen LogP contribution is 2.49. The highest BCUT2D eigenvalue weighted by atomic mass is 19.1. The Hall–Kier alpha value is -3.01. The topological polar surface area (TPSA) is 92.8 Å². The number of halogens is 2. The highest BCUT2D eigenvalue weighted by molar-refractivity contribution is 6.08. The average Bonchev–Trinajstić information content (AvgIpc) is 3.01. The van der Waals surface area contributed by atoms with Gasteiger partial charge in [0.1, 0.15) is 17.5 Å². The van der Waals surface area contributed by atoms with Crippen molar-refractivity contribution in [1.82, 2.24) is 9.97 Å². The van der Waals surface area contributed by atoms with Gasteiger partial charge in [0.15, 0.2) is 0 Å². The number of aliphatic hydroxyl groups excluding tert-OH is 1. The van der Waals surface area contributed by atoms with Crippen LogP contribution < -0.4 is 20.3 Å². The Bertz CT molecular complexity index is 1240. The summed E-state index contributed by atoms with van der Waals surface area (Å²) in [6, 6.07) is 1.87. The van der Waals surface area contributed by atoms with E-state index in [1.54, 1.807) is 4.90 Å². The molecule has 0 radical (unpaired) electrons. The van der Waals surface area contributed by atoms with Gasteiger partial charge in [-0.1, -0.05) is 0 Å². The molecule has 0 unspecified atom stereocenters. The lowest BCUT2D eigenvalue weighted by Crippen LogP contribution is -2.50. The second-order valence-corrected chi connectivity index (χ2v) is 8.48. The molecule has 1 aromatic carbocycles. The molecule has 8 nitrogen and oxygen atoms in total. The fourth-order valence-corrected chi connectivity index (χ4v) is 5.20. The summed E-state index contributed by atoms with van der Waals surface area (Å²) >= 11 is 0. The van der Waals surface area contributed by atoms with Crippen molar-refractivity contribution < 1.29 is 22.8 Å². The first-order valence-electron chi connectivity index (χ1n) is 12.1. The van der Waals surface area contributed by atoms with Crippen molar-refractivity contribution in [2.24, 2.45) is 0 Å². The van der Waals surface area contributed by atoms with Gasteiger partial charge in [0.2, 0.25) is 11.9 Å². The molecule has 0 atom stereocenters. The van der Waals surface area contributed by atoms with E-state index in [0.717, 1.165) is 17.0 Å². The summed E-state index contributed by atoms with van der Waals surface area (Å²) < 4.78 is 52.3. The zero-order valence-electron chi connectivity index (χ0n) is 20.3. The highest BCUT2D eigenvalue weighted by Gasteiger charge is 2.54. The lowest BCUT2D eigenvalue weighted by Gasteiger charge is -2.39. The average molecular weight is 448 g/mol. The third-order valence-electron chi connectivity index (χ3n) is 6.74. The van der Waals surface area contributed by atoms with E-state index in [1.165, 1.54) is 4.90 Å². The number of fused-ring (bicyclic) bond motifs is 3. The van der Waals surface area contributed by atoms with Gasteiger partial charge in [-0.3, -0.25) is 14.6 Å². The number of hydrogen-bond acceptors (Lipinski definition) is 6. The largest absolute Gasteiger partial charge is 0.395 e. The number of nitrogens with one attached hydrogen (secondary N) is 1. The SMILES string of the molecule is [2H]C([2H])([2H])N1CCCc2c1nc(N1CCC3(CC1)C(=O)N(CCO)c1cc(F)cc(F)c13)[nH]c2=O. The number of carbonyl (C=O) groups excluding carboxylic acids is 1. The molecule has 1 spiro atoms. The fraction of sp³-hybridized carbons (Fsp3) is 0.500. The fourth-order valence-electron chi connectivity index (χ4n) is 5.20. The third kappa shape index (κ3) is 3.00. The van der Waals surface area contributed by atoms with Crippen LogP contribution in [0.5, 0.6) is 0 Å². The first kappa shape index (κ1) is 17.5. The molecular weight excluding hydrogens is 420 g/mol. The number of anilines is 3. The molecule has 1 saturated heterocycles. The molecule has 3 aliphatic heterocycles. The Morgan fingerprint density at radius 3 is 2.75 bits per heavy atom. The van der Waals surface area contributed by atoms with Crippen LogP contribution in [0.1, 0.15) is 34.5 Å². The molecule has 5 rings (SSSR count). The maximum Gasteiger partial charge on any atom is 0.257 e. The van der Waals surface area contributed by atoms with E-state index in [0.29, 0.717) is 18.4 Å². The van der Waals surface area contributed by atoms with Crippen LogP contribution in [0.25, 0.3) is 0 Å². The molecule has 2 N–H and O–H groups in total. The summed E-state index contributed by atoms with van der Waals surface area (Å²) in [7, 11) is 0. The molecule has 170 valence electrons. The van der Waals surface area contributed by atoms with E-state index in [-0.39, 0.29) is 68.6 Å². The van der Waals surface area contributed by atoms with Gasteiger partial charge in [-0.15, -0.1) is 0 Å². The predicted octanol–water partition coefficient (Wildman–Crippen LogP) is 1.31. The number of aromatic amines is 1. The molecule has 4 heterocycles. The second kappa shape index (κ2) is 7.54. The Kier molecular flexibility index (Phi) is 4.13. The maximum absolute atomic E-state index is 15.0. The molecular formula is C22H25F2N5O3. The zero-order valence-corrected chi connectivity index (χ0v) is 17.3. The van der Waals surface area contributed by atoms with Crippen LogP contribution in [0.3, 0.4) is 0 Å². The van der Waals surface area contributed by atoms with Gasteiger partial charge < -0.3 is 19.8 Å². The van der Waals surface area contributed by atoms with Crippen molar-refractivity contribution in [1.29, 1.82) is 0 Å². The van der Waals surface area contributed by atoms with E-state index in [4.69, 9.17) is 4.11 Å². The third-order valence-corrected chi connectivity index (χ3v) is 6.74. The quantitative estimate of drug-likeness (QED) is 0.736. The summed E-state index contributed by atoms with van der Waals surface area (Å²) in [4.78, 5) is 37.5. The molecule has 1 fully saturated rings. The Morgan fingerprint density at radius 2 is 2.03 bits per heavy atom.